The van der Waals surface area contributed by atoms with Crippen molar-refractivity contribution in [3.63, 3.8) is 0 Å². The van der Waals surface area contributed by atoms with E-state index in [-0.39, 0.29) is 0 Å². The maximum atomic E-state index is 11.9. The van der Waals surface area contributed by atoms with Crippen molar-refractivity contribution in [2.75, 3.05) is 0 Å². The van der Waals surface area contributed by atoms with E-state index < -0.39 is 15.2 Å². The van der Waals surface area contributed by atoms with Crippen molar-refractivity contribution in [1.82, 2.24) is 5.32 Å². The largest absolute Gasteiger partial charge is 0.347 e. The lowest BCUT2D eigenvalue weighted by atomic mass is 9.74. The van der Waals surface area contributed by atoms with Gasteiger partial charge < -0.3 is 5.32 Å². The summed E-state index contributed by atoms with van der Waals surface area (Å²) in [4.78, 5) is 11.9. The van der Waals surface area contributed by atoms with Crippen molar-refractivity contribution in [3.05, 3.63) is 24.3 Å². The van der Waals surface area contributed by atoms with Crippen LogP contribution in [-0.4, -0.2) is 15.2 Å². The highest BCUT2D eigenvalue weighted by Gasteiger charge is 2.40. The van der Waals surface area contributed by atoms with Gasteiger partial charge in [-0.2, -0.15) is 0 Å². The number of nitrogens with one attached hydrogen (secondary N) is 1. The first-order chi connectivity index (χ1) is 8.69. The molecular formula is C14H20Cl3NO. The number of carbonyl (C=O) groups excluding carboxylic acids is 1. The first-order valence-corrected chi connectivity index (χ1v) is 7.48. The summed E-state index contributed by atoms with van der Waals surface area (Å²) < 4.78 is -1.93. The third-order valence-corrected chi connectivity index (χ3v) is 4.28. The van der Waals surface area contributed by atoms with E-state index in [9.17, 15) is 4.79 Å². The van der Waals surface area contributed by atoms with E-state index in [0.29, 0.717) is 12.3 Å². The minimum atomic E-state index is -1.93. The van der Waals surface area contributed by atoms with Crippen molar-refractivity contribution < 1.29 is 4.79 Å². The van der Waals surface area contributed by atoms with Crippen LogP contribution in [0.4, 0.5) is 0 Å². The summed E-state index contributed by atoms with van der Waals surface area (Å²) >= 11 is 16.9. The summed E-state index contributed by atoms with van der Waals surface area (Å²) in [5.74, 6) is -0.251. The number of allylic oxidation sites excluding steroid dienone is 2. The summed E-state index contributed by atoms with van der Waals surface area (Å²) in [6.45, 7) is 7.87. The summed E-state index contributed by atoms with van der Waals surface area (Å²) in [6.07, 6.45) is 7.65. The van der Waals surface area contributed by atoms with Crippen LogP contribution in [0, 0.1) is 5.92 Å². The van der Waals surface area contributed by atoms with Gasteiger partial charge in [0.25, 0.3) is 9.70 Å². The molecule has 1 amide bonds. The number of carbonyl (C=O) groups is 1. The predicted octanol–water partition coefficient (Wildman–Crippen LogP) is 4.55. The van der Waals surface area contributed by atoms with E-state index in [0.717, 1.165) is 19.3 Å². The Kier molecular flexibility index (Phi) is 5.78. The first kappa shape index (κ1) is 16.9. The number of alkyl halides is 3. The number of hydrogen-bond donors (Lipinski definition) is 1. The fourth-order valence-electron chi connectivity index (χ4n) is 2.49. The SMILES string of the molecule is C=CCC(C)(NC(=O)C(Cl)(Cl)Cl)[C@H]1CC=C(C)CC1. The molecule has 0 saturated carbocycles. The summed E-state index contributed by atoms with van der Waals surface area (Å²) in [6, 6.07) is 0. The van der Waals surface area contributed by atoms with Crippen LogP contribution in [0.5, 0.6) is 0 Å². The minimum absolute atomic E-state index is 0.325. The topological polar surface area (TPSA) is 29.1 Å². The maximum Gasteiger partial charge on any atom is 0.272 e. The Morgan fingerprint density at radius 3 is 2.63 bits per heavy atom. The van der Waals surface area contributed by atoms with Gasteiger partial charge in [-0.15, -0.1) is 6.58 Å². The van der Waals surface area contributed by atoms with Gasteiger partial charge in [0.1, 0.15) is 0 Å². The van der Waals surface area contributed by atoms with Gasteiger partial charge in [0, 0.05) is 5.54 Å². The molecular weight excluding hydrogens is 305 g/mol. The fraction of sp³-hybridized carbons (Fsp3) is 0.643. The highest BCUT2D eigenvalue weighted by Crippen LogP contribution is 2.36. The second kappa shape index (κ2) is 6.51. The van der Waals surface area contributed by atoms with Crippen LogP contribution in [0.15, 0.2) is 24.3 Å². The lowest BCUT2D eigenvalue weighted by Crippen LogP contribution is -2.54. The predicted molar refractivity (Wildman–Crippen MR) is 82.7 cm³/mol. The Morgan fingerprint density at radius 2 is 2.21 bits per heavy atom. The van der Waals surface area contributed by atoms with E-state index in [1.165, 1.54) is 5.57 Å². The number of rotatable bonds is 4. The average Bonchev–Trinajstić information content (AvgIpc) is 2.28. The van der Waals surface area contributed by atoms with Crippen molar-refractivity contribution in [1.29, 1.82) is 0 Å². The van der Waals surface area contributed by atoms with E-state index in [1.54, 1.807) is 6.08 Å². The molecule has 1 N–H and O–H groups in total. The third-order valence-electron chi connectivity index (χ3n) is 3.76. The smallest absolute Gasteiger partial charge is 0.272 e. The molecule has 0 fully saturated rings. The van der Waals surface area contributed by atoms with Crippen molar-refractivity contribution in [2.24, 2.45) is 5.92 Å². The van der Waals surface area contributed by atoms with E-state index in [1.807, 2.05) is 6.92 Å². The number of hydrogen-bond acceptors (Lipinski definition) is 1. The normalized spacial score (nSPS) is 23.2. The Labute approximate surface area is 130 Å². The molecule has 19 heavy (non-hydrogen) atoms. The maximum absolute atomic E-state index is 11.9. The van der Waals surface area contributed by atoms with Crippen molar-refractivity contribution in [3.8, 4) is 0 Å². The molecule has 2 nitrogen and oxygen atoms in total. The van der Waals surface area contributed by atoms with Crippen LogP contribution in [0.25, 0.3) is 0 Å². The zero-order valence-corrected chi connectivity index (χ0v) is 13.6. The Balaban J connectivity index is 2.85. The Bertz CT molecular complexity index is 387. The Morgan fingerprint density at radius 1 is 1.58 bits per heavy atom. The molecule has 0 saturated heterocycles. The standard InChI is InChI=1S/C14H20Cl3NO/c1-4-9-13(3,18-12(19)14(15,16)17)11-7-5-10(2)6-8-11/h4-5,11H,1,6-9H2,2-3H3,(H,18,19)/t11-,13?/m0/s1. The lowest BCUT2D eigenvalue weighted by Gasteiger charge is -2.40. The molecule has 0 aliphatic heterocycles. The van der Waals surface area contributed by atoms with Gasteiger partial charge >= 0.3 is 0 Å². The molecule has 1 unspecified atom stereocenters. The average molecular weight is 325 g/mol. The molecule has 0 aromatic carbocycles. The van der Waals surface area contributed by atoms with Gasteiger partial charge in [0.15, 0.2) is 0 Å². The Hall–Kier alpha value is -0.180. The second-order valence-corrected chi connectivity index (χ2v) is 7.67. The molecule has 1 aliphatic carbocycles. The zero-order valence-electron chi connectivity index (χ0n) is 11.3. The van der Waals surface area contributed by atoms with Gasteiger partial charge in [-0.1, -0.05) is 52.5 Å². The molecule has 0 aromatic heterocycles. The number of amides is 1. The third kappa shape index (κ3) is 4.70. The van der Waals surface area contributed by atoms with Crippen molar-refractivity contribution in [2.45, 2.75) is 48.9 Å². The van der Waals surface area contributed by atoms with Gasteiger partial charge in [0.2, 0.25) is 0 Å². The van der Waals surface area contributed by atoms with Gasteiger partial charge in [-0.3, -0.25) is 4.79 Å². The van der Waals surface area contributed by atoms with Crippen LogP contribution in [0.3, 0.4) is 0 Å². The van der Waals surface area contributed by atoms with Crippen LogP contribution >= 0.6 is 34.8 Å². The monoisotopic (exact) mass is 323 g/mol. The molecule has 0 bridgehead atoms. The van der Waals surface area contributed by atoms with E-state index in [4.69, 9.17) is 34.8 Å². The van der Waals surface area contributed by atoms with Crippen LogP contribution in [-0.2, 0) is 4.79 Å². The fourth-order valence-corrected chi connectivity index (χ4v) is 2.64. The van der Waals surface area contributed by atoms with Gasteiger partial charge in [0.05, 0.1) is 0 Å². The quantitative estimate of drug-likeness (QED) is 0.596. The van der Waals surface area contributed by atoms with E-state index in [2.05, 4.69) is 24.9 Å². The number of halogens is 3. The highest BCUT2D eigenvalue weighted by atomic mass is 35.6. The van der Waals surface area contributed by atoms with Gasteiger partial charge in [-0.05, 0) is 45.4 Å². The molecule has 0 radical (unpaired) electrons. The molecule has 0 spiro atoms. The molecule has 1 aliphatic rings. The molecule has 0 aromatic rings. The van der Waals surface area contributed by atoms with Crippen LogP contribution in [0.2, 0.25) is 0 Å². The molecule has 108 valence electrons. The first-order valence-electron chi connectivity index (χ1n) is 6.35. The molecule has 1 rings (SSSR count). The van der Waals surface area contributed by atoms with Gasteiger partial charge in [-0.25, -0.2) is 0 Å². The summed E-state index contributed by atoms with van der Waals surface area (Å²) in [7, 11) is 0. The van der Waals surface area contributed by atoms with Crippen molar-refractivity contribution >= 4 is 40.7 Å². The molecule has 5 heteroatoms. The summed E-state index contributed by atoms with van der Waals surface area (Å²) in [5.41, 5.74) is 0.963. The minimum Gasteiger partial charge on any atom is -0.347 e. The summed E-state index contributed by atoms with van der Waals surface area (Å²) in [5, 5.41) is 2.88. The lowest BCUT2D eigenvalue weighted by molar-refractivity contribution is -0.122. The highest BCUT2D eigenvalue weighted by molar-refractivity contribution is 6.76. The molecule has 0 heterocycles. The van der Waals surface area contributed by atoms with Crippen LogP contribution < -0.4 is 5.32 Å². The molecule has 2 atom stereocenters. The second-order valence-electron chi connectivity index (χ2n) is 5.38. The van der Waals surface area contributed by atoms with Crippen LogP contribution in [0.1, 0.15) is 39.5 Å². The van der Waals surface area contributed by atoms with E-state index >= 15 is 0 Å². The zero-order chi connectivity index (χ0) is 14.7.